The maximum absolute atomic E-state index is 12.4. The van der Waals surface area contributed by atoms with E-state index in [1.807, 2.05) is 25.6 Å². The summed E-state index contributed by atoms with van der Waals surface area (Å²) in [6.45, 7) is 10.5. The molecule has 0 aliphatic rings. The van der Waals surface area contributed by atoms with E-state index in [1.54, 1.807) is 11.8 Å². The highest BCUT2D eigenvalue weighted by atomic mass is 16.3. The van der Waals surface area contributed by atoms with Crippen molar-refractivity contribution in [3.63, 3.8) is 0 Å². The van der Waals surface area contributed by atoms with Gasteiger partial charge in [0.15, 0.2) is 0 Å². The topological polar surface area (TPSA) is 70.4 Å². The van der Waals surface area contributed by atoms with Crippen molar-refractivity contribution in [1.82, 2.24) is 20.0 Å². The van der Waals surface area contributed by atoms with Gasteiger partial charge in [0, 0.05) is 37.4 Å². The van der Waals surface area contributed by atoms with Gasteiger partial charge < -0.3 is 15.3 Å². The van der Waals surface area contributed by atoms with Crippen molar-refractivity contribution in [1.29, 1.82) is 0 Å². The second-order valence-electron chi connectivity index (χ2n) is 5.96. The van der Waals surface area contributed by atoms with Crippen molar-refractivity contribution in [2.24, 2.45) is 7.05 Å². The number of urea groups is 1. The van der Waals surface area contributed by atoms with Gasteiger partial charge in [0.1, 0.15) is 0 Å². The summed E-state index contributed by atoms with van der Waals surface area (Å²) in [6.07, 6.45) is 1.20. The second kappa shape index (κ2) is 8.17. The first kappa shape index (κ1) is 18.5. The standard InChI is InChI=1S/C16H30N4O2/c1-7-14-13(15(8-2)19(6)18-14)9-17-16(22)20(11(3)4)10-12(5)21/h11-12,21H,7-10H2,1-6H3,(H,17,22). The van der Waals surface area contributed by atoms with E-state index < -0.39 is 6.10 Å². The van der Waals surface area contributed by atoms with Gasteiger partial charge in [-0.2, -0.15) is 5.10 Å². The highest BCUT2D eigenvalue weighted by Gasteiger charge is 2.20. The molecule has 0 bridgehead atoms. The first-order valence-electron chi connectivity index (χ1n) is 8.07. The quantitative estimate of drug-likeness (QED) is 0.807. The van der Waals surface area contributed by atoms with E-state index in [9.17, 15) is 9.90 Å². The Bertz CT molecular complexity index is 495. The summed E-state index contributed by atoms with van der Waals surface area (Å²) < 4.78 is 1.90. The van der Waals surface area contributed by atoms with Crippen molar-refractivity contribution in [3.05, 3.63) is 17.0 Å². The van der Waals surface area contributed by atoms with Crippen LogP contribution in [0, 0.1) is 0 Å². The molecule has 6 nitrogen and oxygen atoms in total. The van der Waals surface area contributed by atoms with Gasteiger partial charge in [0.05, 0.1) is 11.8 Å². The summed E-state index contributed by atoms with van der Waals surface area (Å²) in [7, 11) is 1.94. The van der Waals surface area contributed by atoms with Crippen LogP contribution in [0.15, 0.2) is 0 Å². The van der Waals surface area contributed by atoms with Crippen molar-refractivity contribution in [2.75, 3.05) is 6.54 Å². The van der Waals surface area contributed by atoms with Crippen LogP contribution in [-0.4, -0.2) is 44.5 Å². The number of carbonyl (C=O) groups excluding carboxylic acids is 1. The molecule has 0 radical (unpaired) electrons. The zero-order valence-corrected chi connectivity index (χ0v) is 14.7. The highest BCUT2D eigenvalue weighted by Crippen LogP contribution is 2.15. The van der Waals surface area contributed by atoms with Crippen LogP contribution in [0.2, 0.25) is 0 Å². The third-order valence-corrected chi connectivity index (χ3v) is 3.79. The number of aryl methyl sites for hydroxylation is 2. The number of aliphatic hydroxyl groups excluding tert-OH is 1. The molecule has 1 rings (SSSR count). The Morgan fingerprint density at radius 1 is 1.32 bits per heavy atom. The average Bonchev–Trinajstić information content (AvgIpc) is 2.76. The SMILES string of the molecule is CCc1nn(C)c(CC)c1CNC(=O)N(CC(C)O)C(C)C. The van der Waals surface area contributed by atoms with Gasteiger partial charge in [-0.15, -0.1) is 0 Å². The predicted octanol–water partition coefficient (Wildman–Crippen LogP) is 1.85. The number of aromatic nitrogens is 2. The van der Waals surface area contributed by atoms with E-state index in [0.717, 1.165) is 29.8 Å². The molecule has 1 heterocycles. The molecule has 0 aromatic carbocycles. The smallest absolute Gasteiger partial charge is 0.317 e. The van der Waals surface area contributed by atoms with Crippen molar-refractivity contribution in [3.8, 4) is 0 Å². The number of hydrogen-bond donors (Lipinski definition) is 2. The molecule has 1 aromatic rings. The van der Waals surface area contributed by atoms with Crippen LogP contribution in [0.25, 0.3) is 0 Å². The zero-order chi connectivity index (χ0) is 16.9. The number of carbonyl (C=O) groups is 1. The van der Waals surface area contributed by atoms with E-state index in [0.29, 0.717) is 13.1 Å². The molecule has 1 aromatic heterocycles. The summed E-state index contributed by atoms with van der Waals surface area (Å²) >= 11 is 0. The maximum Gasteiger partial charge on any atom is 0.317 e. The molecule has 1 atom stereocenters. The molecule has 0 saturated heterocycles. The summed E-state index contributed by atoms with van der Waals surface area (Å²) in [5.41, 5.74) is 3.30. The lowest BCUT2D eigenvalue weighted by Gasteiger charge is -2.28. The molecule has 0 aliphatic carbocycles. The molecule has 0 saturated carbocycles. The molecular formula is C16H30N4O2. The minimum absolute atomic E-state index is 0.0415. The number of hydrogen-bond acceptors (Lipinski definition) is 3. The summed E-state index contributed by atoms with van der Waals surface area (Å²) in [4.78, 5) is 14.0. The number of aliphatic hydroxyl groups is 1. The lowest BCUT2D eigenvalue weighted by Crippen LogP contribution is -2.46. The molecular weight excluding hydrogens is 280 g/mol. The average molecular weight is 310 g/mol. The third kappa shape index (κ3) is 4.47. The molecule has 0 aliphatic heterocycles. The summed E-state index contributed by atoms with van der Waals surface area (Å²) in [5.74, 6) is 0. The lowest BCUT2D eigenvalue weighted by atomic mass is 10.1. The Balaban J connectivity index is 2.82. The summed E-state index contributed by atoms with van der Waals surface area (Å²) in [6, 6.07) is -0.108. The normalized spacial score (nSPS) is 12.5. The van der Waals surface area contributed by atoms with Crippen LogP contribution in [-0.2, 0) is 26.4 Å². The zero-order valence-electron chi connectivity index (χ0n) is 14.7. The van der Waals surface area contributed by atoms with Crippen LogP contribution in [0.3, 0.4) is 0 Å². The Morgan fingerprint density at radius 3 is 2.41 bits per heavy atom. The third-order valence-electron chi connectivity index (χ3n) is 3.79. The molecule has 126 valence electrons. The van der Waals surface area contributed by atoms with Crippen molar-refractivity contribution in [2.45, 2.75) is 66.2 Å². The van der Waals surface area contributed by atoms with Crippen molar-refractivity contribution < 1.29 is 9.90 Å². The number of nitrogens with zero attached hydrogens (tertiary/aromatic N) is 3. The Hall–Kier alpha value is -1.56. The first-order valence-corrected chi connectivity index (χ1v) is 8.07. The van der Waals surface area contributed by atoms with Gasteiger partial charge >= 0.3 is 6.03 Å². The van der Waals surface area contributed by atoms with Crippen LogP contribution in [0.1, 0.15) is 51.6 Å². The van der Waals surface area contributed by atoms with E-state index in [-0.39, 0.29) is 12.1 Å². The van der Waals surface area contributed by atoms with Gasteiger partial charge in [-0.25, -0.2) is 4.79 Å². The van der Waals surface area contributed by atoms with E-state index in [2.05, 4.69) is 24.3 Å². The van der Waals surface area contributed by atoms with Gasteiger partial charge in [0.25, 0.3) is 0 Å². The fourth-order valence-corrected chi connectivity index (χ4v) is 2.67. The van der Waals surface area contributed by atoms with Gasteiger partial charge in [-0.1, -0.05) is 13.8 Å². The fourth-order valence-electron chi connectivity index (χ4n) is 2.67. The van der Waals surface area contributed by atoms with Gasteiger partial charge in [0.2, 0.25) is 0 Å². The molecule has 0 fully saturated rings. The van der Waals surface area contributed by atoms with E-state index in [4.69, 9.17) is 0 Å². The number of nitrogens with one attached hydrogen (secondary N) is 1. The fraction of sp³-hybridized carbons (Fsp3) is 0.750. The molecule has 6 heteroatoms. The molecule has 2 N–H and O–H groups in total. The van der Waals surface area contributed by atoms with Crippen LogP contribution >= 0.6 is 0 Å². The number of amides is 2. The van der Waals surface area contributed by atoms with Crippen LogP contribution in [0.4, 0.5) is 4.79 Å². The van der Waals surface area contributed by atoms with Crippen LogP contribution < -0.4 is 5.32 Å². The largest absolute Gasteiger partial charge is 0.392 e. The second-order valence-corrected chi connectivity index (χ2v) is 5.96. The Morgan fingerprint density at radius 2 is 1.95 bits per heavy atom. The molecule has 22 heavy (non-hydrogen) atoms. The molecule has 2 amide bonds. The van der Waals surface area contributed by atoms with Gasteiger partial charge in [-0.05, 0) is 33.6 Å². The van der Waals surface area contributed by atoms with E-state index in [1.165, 1.54) is 0 Å². The maximum atomic E-state index is 12.4. The number of rotatable bonds is 7. The highest BCUT2D eigenvalue weighted by molar-refractivity contribution is 5.74. The minimum atomic E-state index is -0.538. The molecule has 0 spiro atoms. The first-order chi connectivity index (χ1) is 10.3. The minimum Gasteiger partial charge on any atom is -0.392 e. The Labute approximate surface area is 133 Å². The summed E-state index contributed by atoms with van der Waals surface area (Å²) in [5, 5.41) is 17.0. The van der Waals surface area contributed by atoms with Crippen LogP contribution in [0.5, 0.6) is 0 Å². The van der Waals surface area contributed by atoms with Gasteiger partial charge in [-0.3, -0.25) is 4.68 Å². The lowest BCUT2D eigenvalue weighted by molar-refractivity contribution is 0.118. The molecule has 1 unspecified atom stereocenters. The predicted molar refractivity (Wildman–Crippen MR) is 87.7 cm³/mol. The van der Waals surface area contributed by atoms with E-state index >= 15 is 0 Å². The van der Waals surface area contributed by atoms with Crippen molar-refractivity contribution >= 4 is 6.03 Å². The Kier molecular flexibility index (Phi) is 6.87. The monoisotopic (exact) mass is 310 g/mol.